The van der Waals surface area contributed by atoms with Gasteiger partial charge in [-0.1, -0.05) is 79.7 Å². The Bertz CT molecular complexity index is 1150. The molecule has 0 aromatic heterocycles. The van der Waals surface area contributed by atoms with E-state index in [-0.39, 0.29) is 11.2 Å². The molecule has 0 saturated carbocycles. The molecule has 6 heteroatoms. The molecule has 4 rings (SSSR count). The van der Waals surface area contributed by atoms with Gasteiger partial charge in [-0.25, -0.2) is 0 Å². The van der Waals surface area contributed by atoms with E-state index in [2.05, 4.69) is 46.3 Å². The molecule has 5 nitrogen and oxygen atoms in total. The summed E-state index contributed by atoms with van der Waals surface area (Å²) in [5.74, 6) is 0.120. The predicted molar refractivity (Wildman–Crippen MR) is 137 cm³/mol. The van der Waals surface area contributed by atoms with Gasteiger partial charge in [-0.2, -0.15) is 5.10 Å². The number of carbonyl (C=O) groups is 1. The summed E-state index contributed by atoms with van der Waals surface area (Å²) in [6, 6.07) is 22.6. The number of hydrogen-bond donors (Lipinski definition) is 0. The molecule has 0 bridgehead atoms. The minimum atomic E-state index is -0.0942. The van der Waals surface area contributed by atoms with E-state index in [1.165, 1.54) is 17.1 Å². The summed E-state index contributed by atoms with van der Waals surface area (Å²) >= 11 is 1.52. The summed E-state index contributed by atoms with van der Waals surface area (Å²) in [6.45, 7) is 2.60. The number of rotatable bonds is 7. The Hall–Kier alpha value is -3.12. The van der Waals surface area contributed by atoms with E-state index in [1.54, 1.807) is 11.1 Å². The van der Waals surface area contributed by atoms with E-state index < -0.39 is 0 Å². The van der Waals surface area contributed by atoms with E-state index in [0.717, 1.165) is 35.0 Å². The monoisotopic (exact) mass is 444 g/mol. The number of hydrogen-bond acceptors (Lipinski definition) is 5. The lowest BCUT2D eigenvalue weighted by molar-refractivity contribution is -0.126. The molecular formula is C26H28N4OS. The molecular weight excluding hydrogens is 416 g/mol. The Kier molecular flexibility index (Phi) is 6.90. The number of anilines is 1. The van der Waals surface area contributed by atoms with Crippen LogP contribution in [-0.4, -0.2) is 41.5 Å². The van der Waals surface area contributed by atoms with E-state index in [0.29, 0.717) is 11.7 Å². The number of benzene rings is 3. The molecule has 32 heavy (non-hydrogen) atoms. The van der Waals surface area contributed by atoms with Crippen molar-refractivity contribution < 1.29 is 4.79 Å². The molecule has 1 heterocycles. The third-order valence-electron chi connectivity index (χ3n) is 5.54. The Morgan fingerprint density at radius 2 is 1.78 bits per heavy atom. The van der Waals surface area contributed by atoms with E-state index in [4.69, 9.17) is 0 Å². The summed E-state index contributed by atoms with van der Waals surface area (Å²) < 4.78 is 0. The Labute approximate surface area is 193 Å². The second-order valence-electron chi connectivity index (χ2n) is 8.07. The summed E-state index contributed by atoms with van der Waals surface area (Å²) in [6.07, 6.45) is 3.53. The maximum Gasteiger partial charge on any atom is 0.242 e. The average molecular weight is 445 g/mol. The van der Waals surface area contributed by atoms with Crippen LogP contribution < -0.4 is 4.90 Å². The Balaban J connectivity index is 1.59. The zero-order valence-electron chi connectivity index (χ0n) is 18.7. The van der Waals surface area contributed by atoms with Gasteiger partial charge in [0.25, 0.3) is 0 Å². The van der Waals surface area contributed by atoms with Crippen molar-refractivity contribution >= 4 is 45.5 Å². The van der Waals surface area contributed by atoms with Crippen LogP contribution in [-0.2, 0) is 11.3 Å². The molecule has 1 aliphatic rings. The van der Waals surface area contributed by atoms with E-state index in [9.17, 15) is 4.79 Å². The molecule has 1 saturated heterocycles. The maximum atomic E-state index is 13.1. The largest absolute Gasteiger partial charge is 0.378 e. The van der Waals surface area contributed by atoms with E-state index >= 15 is 0 Å². The SMILES string of the molecule is CCCC1SC(=NN=Cc2ccc(N(C)C)cc2)N(Cc2cccc3ccccc23)C1=O. The van der Waals surface area contributed by atoms with Crippen LogP contribution in [0.2, 0.25) is 0 Å². The van der Waals surface area contributed by atoms with Crippen LogP contribution in [0.15, 0.2) is 76.9 Å². The molecule has 0 N–H and O–H groups in total. The number of thioether (sulfide) groups is 1. The molecule has 0 radical (unpaired) electrons. The van der Waals surface area contributed by atoms with Crippen LogP contribution >= 0.6 is 11.8 Å². The van der Waals surface area contributed by atoms with Crippen molar-refractivity contribution in [3.05, 3.63) is 77.9 Å². The molecule has 0 spiro atoms. The molecule has 164 valence electrons. The van der Waals surface area contributed by atoms with Gasteiger partial charge in [0.15, 0.2) is 5.17 Å². The van der Waals surface area contributed by atoms with Crippen LogP contribution in [0.3, 0.4) is 0 Å². The Morgan fingerprint density at radius 3 is 2.53 bits per heavy atom. The maximum absolute atomic E-state index is 13.1. The molecule has 0 aliphatic carbocycles. The van der Waals surface area contributed by atoms with Gasteiger partial charge in [-0.05, 0) is 40.5 Å². The van der Waals surface area contributed by atoms with Gasteiger partial charge >= 0.3 is 0 Å². The smallest absolute Gasteiger partial charge is 0.242 e. The molecule has 1 aliphatic heterocycles. The molecule has 1 atom stereocenters. The van der Waals surface area contributed by atoms with Crippen molar-refractivity contribution in [3.63, 3.8) is 0 Å². The number of fused-ring (bicyclic) bond motifs is 1. The lowest BCUT2D eigenvalue weighted by atomic mass is 10.0. The first-order valence-corrected chi connectivity index (χ1v) is 11.8. The van der Waals surface area contributed by atoms with Crippen molar-refractivity contribution in [1.82, 2.24) is 4.90 Å². The fourth-order valence-electron chi connectivity index (χ4n) is 3.78. The Morgan fingerprint density at radius 1 is 1.03 bits per heavy atom. The van der Waals surface area contributed by atoms with Crippen LogP contribution in [0.5, 0.6) is 0 Å². The van der Waals surface area contributed by atoms with Crippen molar-refractivity contribution in [3.8, 4) is 0 Å². The molecule has 1 fully saturated rings. The van der Waals surface area contributed by atoms with Crippen LogP contribution in [0.1, 0.15) is 30.9 Å². The van der Waals surface area contributed by atoms with Crippen LogP contribution in [0.25, 0.3) is 10.8 Å². The highest BCUT2D eigenvalue weighted by molar-refractivity contribution is 8.15. The summed E-state index contributed by atoms with van der Waals surface area (Å²) in [4.78, 5) is 17.0. The van der Waals surface area contributed by atoms with Crippen molar-refractivity contribution in [2.24, 2.45) is 10.2 Å². The third kappa shape index (κ3) is 4.86. The first-order chi connectivity index (χ1) is 15.6. The lowest BCUT2D eigenvalue weighted by Crippen LogP contribution is -2.31. The highest BCUT2D eigenvalue weighted by atomic mass is 32.2. The minimum absolute atomic E-state index is 0.0942. The zero-order valence-corrected chi connectivity index (χ0v) is 19.5. The van der Waals surface area contributed by atoms with Gasteiger partial charge in [0.1, 0.15) is 0 Å². The fraction of sp³-hybridized carbons (Fsp3) is 0.269. The van der Waals surface area contributed by atoms with Crippen LogP contribution in [0.4, 0.5) is 5.69 Å². The number of amidine groups is 1. The number of carbonyl (C=O) groups excluding carboxylic acids is 1. The van der Waals surface area contributed by atoms with Gasteiger partial charge in [0.05, 0.1) is 18.0 Å². The van der Waals surface area contributed by atoms with Gasteiger partial charge in [0, 0.05) is 19.8 Å². The first kappa shape index (κ1) is 22.1. The van der Waals surface area contributed by atoms with Crippen LogP contribution in [0, 0.1) is 0 Å². The average Bonchev–Trinajstić information content (AvgIpc) is 3.09. The highest BCUT2D eigenvalue weighted by Gasteiger charge is 2.37. The molecule has 3 aromatic rings. The molecule has 1 amide bonds. The second-order valence-corrected chi connectivity index (χ2v) is 9.24. The van der Waals surface area contributed by atoms with Gasteiger partial charge in [0.2, 0.25) is 5.91 Å². The number of nitrogens with zero attached hydrogens (tertiary/aromatic N) is 4. The highest BCUT2D eigenvalue weighted by Crippen LogP contribution is 2.32. The summed E-state index contributed by atoms with van der Waals surface area (Å²) in [5.41, 5.74) is 3.22. The van der Waals surface area contributed by atoms with Gasteiger partial charge < -0.3 is 4.90 Å². The standard InChI is InChI=1S/C26H28N4OS/c1-4-8-24-25(31)30(18-21-11-7-10-20-9-5-6-12-23(20)21)26(32-24)28-27-17-19-13-15-22(16-14-19)29(2)3/h5-7,9-17,24H,4,8,18H2,1-3H3. The topological polar surface area (TPSA) is 48.3 Å². The van der Waals surface area contributed by atoms with Crippen molar-refractivity contribution in [2.75, 3.05) is 19.0 Å². The molecule has 1 unspecified atom stereocenters. The fourth-order valence-corrected chi connectivity index (χ4v) is 4.99. The first-order valence-electron chi connectivity index (χ1n) is 10.9. The lowest BCUT2D eigenvalue weighted by Gasteiger charge is -2.17. The van der Waals surface area contributed by atoms with Gasteiger partial charge in [-0.15, -0.1) is 5.10 Å². The van der Waals surface area contributed by atoms with E-state index in [1.807, 2.05) is 56.6 Å². The van der Waals surface area contributed by atoms with Crippen molar-refractivity contribution in [2.45, 2.75) is 31.6 Å². The molecule has 3 aromatic carbocycles. The van der Waals surface area contributed by atoms with Gasteiger partial charge in [-0.3, -0.25) is 9.69 Å². The quantitative estimate of drug-likeness (QED) is 0.355. The minimum Gasteiger partial charge on any atom is -0.378 e. The third-order valence-corrected chi connectivity index (χ3v) is 6.77. The zero-order chi connectivity index (χ0) is 22.5. The predicted octanol–water partition coefficient (Wildman–Crippen LogP) is 5.54. The van der Waals surface area contributed by atoms with Crippen molar-refractivity contribution in [1.29, 1.82) is 0 Å². The summed E-state index contributed by atoms with van der Waals surface area (Å²) in [7, 11) is 4.03. The normalized spacial score (nSPS) is 17.7. The number of amides is 1. The summed E-state index contributed by atoms with van der Waals surface area (Å²) in [5, 5.41) is 11.7. The second kappa shape index (κ2) is 10.0.